The molecule has 198 valence electrons. The lowest BCUT2D eigenvalue weighted by Gasteiger charge is -2.63. The third-order valence-corrected chi connectivity index (χ3v) is 12.6. The molecule has 5 aliphatic rings. The highest BCUT2D eigenvalue weighted by Crippen LogP contribution is 2.80. The summed E-state index contributed by atoms with van der Waals surface area (Å²) in [5.74, 6) is 2.73. The van der Waals surface area contributed by atoms with Gasteiger partial charge in [-0.05, 0) is 78.6 Å². The number of fused-ring (bicyclic) bond motifs is 3. The zero-order valence-electron chi connectivity index (χ0n) is 24.1. The van der Waals surface area contributed by atoms with Crippen molar-refractivity contribution in [3.8, 4) is 0 Å². The summed E-state index contributed by atoms with van der Waals surface area (Å²) in [6.07, 6.45) is 14.1. The Kier molecular flexibility index (Phi) is 5.96. The van der Waals surface area contributed by atoms with Crippen LogP contribution in [0.3, 0.4) is 0 Å². The molecule has 3 heteroatoms. The molecule has 0 amide bonds. The van der Waals surface area contributed by atoms with Gasteiger partial charge in [0.15, 0.2) is 0 Å². The summed E-state index contributed by atoms with van der Waals surface area (Å²) in [4.78, 5) is 11.9. The summed E-state index contributed by atoms with van der Waals surface area (Å²) < 4.78 is 12.9. The molecule has 4 fully saturated rings. The van der Waals surface area contributed by atoms with Crippen LogP contribution in [0.15, 0.2) is 11.6 Å². The van der Waals surface area contributed by atoms with Crippen LogP contribution in [0.4, 0.5) is 0 Å². The first-order valence-corrected chi connectivity index (χ1v) is 14.8. The van der Waals surface area contributed by atoms with Crippen LogP contribution in [0.5, 0.6) is 0 Å². The Morgan fingerprint density at radius 2 is 1.77 bits per heavy atom. The van der Waals surface area contributed by atoms with Crippen LogP contribution in [0.1, 0.15) is 120 Å². The van der Waals surface area contributed by atoms with Crippen molar-refractivity contribution in [2.45, 2.75) is 138 Å². The van der Waals surface area contributed by atoms with Gasteiger partial charge < -0.3 is 9.47 Å². The molecule has 5 rings (SSSR count). The zero-order chi connectivity index (χ0) is 25.6. The maximum absolute atomic E-state index is 11.9. The molecule has 4 aliphatic carbocycles. The number of carbonyl (C=O) groups is 1. The second kappa shape index (κ2) is 8.08. The van der Waals surface area contributed by atoms with Crippen LogP contribution in [-0.4, -0.2) is 23.8 Å². The molecule has 1 spiro atoms. The molecule has 0 aromatic carbocycles. The quantitative estimate of drug-likeness (QED) is 0.217. The predicted octanol–water partition coefficient (Wildman–Crippen LogP) is 8.12. The molecule has 1 heterocycles. The van der Waals surface area contributed by atoms with E-state index >= 15 is 0 Å². The molecule has 0 bridgehead atoms. The van der Waals surface area contributed by atoms with Gasteiger partial charge in [0.05, 0.1) is 6.10 Å². The third kappa shape index (κ3) is 3.34. The van der Waals surface area contributed by atoms with Crippen LogP contribution in [-0.2, 0) is 14.3 Å². The van der Waals surface area contributed by atoms with Crippen molar-refractivity contribution in [2.75, 3.05) is 0 Å². The number of allylic oxidation sites excluding steroid dienone is 1. The maximum atomic E-state index is 11.9. The molecule has 9 atom stereocenters. The Bertz CT molecular complexity index is 902. The van der Waals surface area contributed by atoms with Gasteiger partial charge in [-0.25, -0.2) is 0 Å². The predicted molar refractivity (Wildman–Crippen MR) is 142 cm³/mol. The van der Waals surface area contributed by atoms with E-state index in [-0.39, 0.29) is 33.9 Å². The fourth-order valence-electron chi connectivity index (χ4n) is 10.5. The second-order valence-corrected chi connectivity index (χ2v) is 15.0. The molecule has 3 saturated carbocycles. The number of esters is 1. The number of rotatable bonds is 6. The molecule has 0 unspecified atom stereocenters. The van der Waals surface area contributed by atoms with Gasteiger partial charge in [0.2, 0.25) is 0 Å². The molecule has 0 aromatic rings. The van der Waals surface area contributed by atoms with Gasteiger partial charge in [-0.2, -0.15) is 0 Å². The Balaban J connectivity index is 1.45. The van der Waals surface area contributed by atoms with E-state index in [1.165, 1.54) is 38.5 Å². The van der Waals surface area contributed by atoms with E-state index in [1.807, 2.05) is 0 Å². The first-order valence-electron chi connectivity index (χ1n) is 14.8. The Morgan fingerprint density at radius 1 is 1.06 bits per heavy atom. The maximum Gasteiger partial charge on any atom is 0.302 e. The van der Waals surface area contributed by atoms with Crippen LogP contribution in [0, 0.1) is 45.3 Å². The minimum Gasteiger partial charge on any atom is -0.462 e. The van der Waals surface area contributed by atoms with Crippen LogP contribution in [0.25, 0.3) is 0 Å². The molecule has 3 nitrogen and oxygen atoms in total. The molecule has 35 heavy (non-hydrogen) atoms. The molecule has 0 aromatic heterocycles. The van der Waals surface area contributed by atoms with Gasteiger partial charge in [-0.15, -0.1) is 0 Å². The zero-order valence-corrected chi connectivity index (χ0v) is 24.1. The lowest BCUT2D eigenvalue weighted by Crippen LogP contribution is -2.63. The fraction of sp³-hybridized carbons (Fsp3) is 0.906. The van der Waals surface area contributed by atoms with Crippen molar-refractivity contribution in [1.29, 1.82) is 0 Å². The summed E-state index contributed by atoms with van der Waals surface area (Å²) >= 11 is 0. The van der Waals surface area contributed by atoms with E-state index in [1.54, 1.807) is 12.5 Å². The highest BCUT2D eigenvalue weighted by molar-refractivity contribution is 5.66. The van der Waals surface area contributed by atoms with E-state index in [0.717, 1.165) is 37.0 Å². The SMILES string of the molecule is CC(=O)O[C@H]1CC[C@@]2(C)[C@@H](CC=C3[C@]4(C)CC[C@H]([C@@H](C)CCCC(C)C)[C@@]4(C)C[C@H]4O[C@@]342)C1(C)C. The Hall–Kier alpha value is -0.830. The van der Waals surface area contributed by atoms with Gasteiger partial charge in [-0.3, -0.25) is 4.79 Å². The highest BCUT2D eigenvalue weighted by atomic mass is 16.6. The summed E-state index contributed by atoms with van der Waals surface area (Å²) in [7, 11) is 0. The molecule has 1 aliphatic heterocycles. The van der Waals surface area contributed by atoms with Crippen molar-refractivity contribution in [1.82, 2.24) is 0 Å². The average Bonchev–Trinajstić information content (AvgIpc) is 3.38. The minimum absolute atomic E-state index is 0.00798. The summed E-state index contributed by atoms with van der Waals surface area (Å²) in [5, 5.41) is 0. The Labute approximate surface area is 215 Å². The van der Waals surface area contributed by atoms with E-state index in [2.05, 4.69) is 61.5 Å². The van der Waals surface area contributed by atoms with Gasteiger partial charge in [0.25, 0.3) is 0 Å². The van der Waals surface area contributed by atoms with Crippen LogP contribution < -0.4 is 0 Å². The van der Waals surface area contributed by atoms with E-state index in [4.69, 9.17) is 9.47 Å². The third-order valence-electron chi connectivity index (χ3n) is 12.6. The van der Waals surface area contributed by atoms with Crippen molar-refractivity contribution >= 4 is 5.97 Å². The first kappa shape index (κ1) is 25.8. The number of hydrogen-bond acceptors (Lipinski definition) is 3. The standard InChI is InChI=1S/C32H52O3/c1-20(2)11-10-12-21(3)23-15-17-29(7)25-14-13-24-28(5,6)26(34-22(4)33)16-18-30(24,8)32(25)27(35-32)19-31(23,29)9/h14,20-21,23-24,26-27H,10-13,15-19H2,1-9H3/t21-,23+,24-,26-,27+,29-,30-,31+,32-/m0/s1. The first-order chi connectivity index (χ1) is 16.2. The number of hydrogen-bond donors (Lipinski definition) is 0. The monoisotopic (exact) mass is 484 g/mol. The lowest BCUT2D eigenvalue weighted by molar-refractivity contribution is -0.174. The topological polar surface area (TPSA) is 38.8 Å². The normalized spacial score (nSPS) is 48.2. The number of epoxide rings is 1. The minimum atomic E-state index is -0.141. The van der Waals surface area contributed by atoms with E-state index in [0.29, 0.717) is 17.4 Å². The van der Waals surface area contributed by atoms with E-state index in [9.17, 15) is 4.79 Å². The molecular weight excluding hydrogens is 432 g/mol. The average molecular weight is 485 g/mol. The van der Waals surface area contributed by atoms with Crippen molar-refractivity contribution in [3.63, 3.8) is 0 Å². The fourth-order valence-corrected chi connectivity index (χ4v) is 10.5. The lowest BCUT2D eigenvalue weighted by atomic mass is 9.40. The molecular formula is C32H52O3. The summed E-state index contributed by atoms with van der Waals surface area (Å²) in [6.45, 7) is 21.3. The number of carbonyl (C=O) groups excluding carboxylic acids is 1. The van der Waals surface area contributed by atoms with Crippen LogP contribution >= 0.6 is 0 Å². The van der Waals surface area contributed by atoms with Gasteiger partial charge in [0, 0.05) is 17.8 Å². The van der Waals surface area contributed by atoms with E-state index < -0.39 is 0 Å². The second-order valence-electron chi connectivity index (χ2n) is 15.0. The van der Waals surface area contributed by atoms with Crippen LogP contribution in [0.2, 0.25) is 0 Å². The van der Waals surface area contributed by atoms with Gasteiger partial charge in [0.1, 0.15) is 11.7 Å². The smallest absolute Gasteiger partial charge is 0.302 e. The van der Waals surface area contributed by atoms with Crippen molar-refractivity contribution in [2.24, 2.45) is 45.3 Å². The molecule has 1 saturated heterocycles. The van der Waals surface area contributed by atoms with Crippen molar-refractivity contribution < 1.29 is 14.3 Å². The van der Waals surface area contributed by atoms with Gasteiger partial charge >= 0.3 is 5.97 Å². The van der Waals surface area contributed by atoms with Gasteiger partial charge in [-0.1, -0.05) is 80.7 Å². The summed E-state index contributed by atoms with van der Waals surface area (Å²) in [5.41, 5.74) is 2.22. The van der Waals surface area contributed by atoms with Crippen molar-refractivity contribution in [3.05, 3.63) is 11.6 Å². The molecule has 0 radical (unpaired) electrons. The Morgan fingerprint density at radius 3 is 2.43 bits per heavy atom. The summed E-state index contributed by atoms with van der Waals surface area (Å²) in [6, 6.07) is 0. The number of ether oxygens (including phenoxy) is 2. The molecule has 0 N–H and O–H groups in total. The highest BCUT2D eigenvalue weighted by Gasteiger charge is 2.81. The largest absolute Gasteiger partial charge is 0.462 e.